The maximum atomic E-state index is 12.5. The second-order valence-corrected chi connectivity index (χ2v) is 8.85. The summed E-state index contributed by atoms with van der Waals surface area (Å²) < 4.78 is 12.6. The van der Waals surface area contributed by atoms with Gasteiger partial charge in [0.1, 0.15) is 0 Å². The van der Waals surface area contributed by atoms with Gasteiger partial charge in [-0.25, -0.2) is 4.98 Å². The molecule has 1 N–H and O–H groups in total. The zero-order valence-corrected chi connectivity index (χ0v) is 17.5. The molecule has 10 heteroatoms. The van der Waals surface area contributed by atoms with E-state index in [1.165, 1.54) is 23.1 Å². The van der Waals surface area contributed by atoms with Crippen molar-refractivity contribution in [3.63, 3.8) is 0 Å². The van der Waals surface area contributed by atoms with Gasteiger partial charge in [0.2, 0.25) is 12.7 Å². The van der Waals surface area contributed by atoms with Crippen molar-refractivity contribution in [2.75, 3.05) is 12.1 Å². The summed E-state index contributed by atoms with van der Waals surface area (Å²) in [6.45, 7) is 5.97. The second kappa shape index (κ2) is 7.44. The molecule has 0 bridgehead atoms. The Bertz CT molecular complexity index is 1030. The van der Waals surface area contributed by atoms with Crippen LogP contribution in [0.1, 0.15) is 17.5 Å². The molecule has 0 spiro atoms. The zero-order chi connectivity index (χ0) is 19.8. The summed E-state index contributed by atoms with van der Waals surface area (Å²) in [5.41, 5.74) is 1.80. The summed E-state index contributed by atoms with van der Waals surface area (Å²) in [5, 5.41) is 12.3. The highest BCUT2D eigenvalue weighted by Crippen LogP contribution is 2.36. The Labute approximate surface area is 170 Å². The lowest BCUT2D eigenvalue weighted by Crippen LogP contribution is -2.22. The van der Waals surface area contributed by atoms with Gasteiger partial charge in [-0.3, -0.25) is 4.79 Å². The molecule has 0 saturated carbocycles. The van der Waals surface area contributed by atoms with Gasteiger partial charge < -0.3 is 19.4 Å². The summed E-state index contributed by atoms with van der Waals surface area (Å²) in [7, 11) is 1.88. The first kappa shape index (κ1) is 18.8. The predicted octanol–water partition coefficient (Wildman–Crippen LogP) is 3.40. The Morgan fingerprint density at radius 1 is 1.29 bits per heavy atom. The van der Waals surface area contributed by atoms with Gasteiger partial charge in [0.25, 0.3) is 0 Å². The van der Waals surface area contributed by atoms with Crippen molar-refractivity contribution in [2.24, 2.45) is 7.05 Å². The zero-order valence-electron chi connectivity index (χ0n) is 15.8. The number of aromatic nitrogens is 4. The quantitative estimate of drug-likeness (QED) is 0.636. The Balaban J connectivity index is 1.47. The third-order valence-electron chi connectivity index (χ3n) is 4.38. The number of amides is 1. The number of benzene rings is 1. The minimum absolute atomic E-state index is 0.119. The molecule has 8 nitrogen and oxygen atoms in total. The number of thioether (sulfide) groups is 1. The molecule has 3 aromatic rings. The molecule has 4 rings (SSSR count). The molecule has 146 valence electrons. The number of nitrogens with zero attached hydrogens (tertiary/aromatic N) is 4. The summed E-state index contributed by atoms with van der Waals surface area (Å²) in [4.78, 5) is 17.9. The van der Waals surface area contributed by atoms with Crippen LogP contribution in [0.2, 0.25) is 0 Å². The molecule has 0 aliphatic carbocycles. The van der Waals surface area contributed by atoms with Crippen LogP contribution >= 0.6 is 23.1 Å². The van der Waals surface area contributed by atoms with E-state index < -0.39 is 0 Å². The van der Waals surface area contributed by atoms with Crippen LogP contribution in [-0.4, -0.2) is 37.7 Å². The molecule has 28 heavy (non-hydrogen) atoms. The van der Waals surface area contributed by atoms with Crippen LogP contribution in [0.15, 0.2) is 23.4 Å². The van der Waals surface area contributed by atoms with E-state index >= 15 is 0 Å². The Kier molecular flexibility index (Phi) is 4.98. The Morgan fingerprint density at radius 2 is 2.07 bits per heavy atom. The number of rotatable bonds is 5. The Morgan fingerprint density at radius 3 is 2.82 bits per heavy atom. The summed E-state index contributed by atoms with van der Waals surface area (Å²) in [6, 6.07) is 5.65. The highest BCUT2D eigenvalue weighted by atomic mass is 32.2. The summed E-state index contributed by atoms with van der Waals surface area (Å²) in [6.07, 6.45) is 0. The fraction of sp³-hybridized carbons (Fsp3) is 0.333. The number of anilines is 1. The standard InChI is InChI=1S/C18H19N5O3S2/c1-9-10(2)27-17(19-9)20-16(24)11(3)28-18-22-21-15(23(18)4)12-5-6-13-14(7-12)26-8-25-13/h5-7,11H,8H2,1-4H3,(H,19,20,24)/t11-/m0/s1. The molecule has 0 unspecified atom stereocenters. The van der Waals surface area contributed by atoms with Gasteiger partial charge >= 0.3 is 0 Å². The number of hydrogen-bond donors (Lipinski definition) is 1. The van der Waals surface area contributed by atoms with Crippen molar-refractivity contribution >= 4 is 34.1 Å². The molecule has 3 heterocycles. The first-order valence-corrected chi connectivity index (χ1v) is 10.3. The molecule has 1 aromatic carbocycles. The molecule has 1 aliphatic heterocycles. The minimum atomic E-state index is -0.350. The van der Waals surface area contributed by atoms with Crippen LogP contribution in [0.25, 0.3) is 11.4 Å². The first-order chi connectivity index (χ1) is 13.4. The molecule has 2 aromatic heterocycles. The molecule has 0 radical (unpaired) electrons. The van der Waals surface area contributed by atoms with E-state index in [4.69, 9.17) is 9.47 Å². The number of fused-ring (bicyclic) bond motifs is 1. The van der Waals surface area contributed by atoms with E-state index in [0.29, 0.717) is 21.9 Å². The number of carbonyl (C=O) groups excluding carboxylic acids is 1. The highest BCUT2D eigenvalue weighted by Gasteiger charge is 2.22. The average molecular weight is 418 g/mol. The fourth-order valence-electron chi connectivity index (χ4n) is 2.65. The highest BCUT2D eigenvalue weighted by molar-refractivity contribution is 8.00. The second-order valence-electron chi connectivity index (χ2n) is 6.34. The van der Waals surface area contributed by atoms with E-state index in [9.17, 15) is 4.79 Å². The SMILES string of the molecule is Cc1nc(NC(=O)[C@H](C)Sc2nnc(-c3ccc4c(c3)OCO4)n2C)sc1C. The number of nitrogens with one attached hydrogen (secondary N) is 1. The smallest absolute Gasteiger partial charge is 0.239 e. The third kappa shape index (κ3) is 3.57. The summed E-state index contributed by atoms with van der Waals surface area (Å²) >= 11 is 2.82. The molecule has 0 fully saturated rings. The van der Waals surface area contributed by atoms with Crippen LogP contribution < -0.4 is 14.8 Å². The number of thiazole rings is 1. The van der Waals surface area contributed by atoms with E-state index in [0.717, 1.165) is 21.9 Å². The van der Waals surface area contributed by atoms with E-state index in [1.54, 1.807) is 0 Å². The van der Waals surface area contributed by atoms with Crippen LogP contribution in [0.5, 0.6) is 11.5 Å². The van der Waals surface area contributed by atoms with Crippen LogP contribution in [0.3, 0.4) is 0 Å². The topological polar surface area (TPSA) is 91.2 Å². The minimum Gasteiger partial charge on any atom is -0.454 e. The number of ether oxygens (including phenoxy) is 2. The van der Waals surface area contributed by atoms with Crippen LogP contribution in [0.4, 0.5) is 5.13 Å². The number of hydrogen-bond acceptors (Lipinski definition) is 8. The monoisotopic (exact) mass is 417 g/mol. The van der Waals surface area contributed by atoms with Crippen molar-refractivity contribution in [1.82, 2.24) is 19.7 Å². The van der Waals surface area contributed by atoms with Gasteiger partial charge in [-0.05, 0) is 39.0 Å². The molecule has 1 atom stereocenters. The maximum Gasteiger partial charge on any atom is 0.239 e. The molecular formula is C18H19N5O3S2. The molecule has 0 saturated heterocycles. The van der Waals surface area contributed by atoms with Gasteiger partial charge in [-0.15, -0.1) is 21.5 Å². The number of carbonyl (C=O) groups is 1. The Hall–Kier alpha value is -2.59. The van der Waals surface area contributed by atoms with Gasteiger partial charge in [0, 0.05) is 17.5 Å². The van der Waals surface area contributed by atoms with E-state index in [2.05, 4.69) is 20.5 Å². The molecular weight excluding hydrogens is 398 g/mol. The molecule has 1 amide bonds. The van der Waals surface area contributed by atoms with Crippen molar-refractivity contribution < 1.29 is 14.3 Å². The van der Waals surface area contributed by atoms with Crippen molar-refractivity contribution in [1.29, 1.82) is 0 Å². The number of aryl methyl sites for hydroxylation is 2. The largest absolute Gasteiger partial charge is 0.454 e. The van der Waals surface area contributed by atoms with Crippen LogP contribution in [0, 0.1) is 13.8 Å². The lowest BCUT2D eigenvalue weighted by Gasteiger charge is -2.10. The van der Waals surface area contributed by atoms with Crippen molar-refractivity contribution in [3.8, 4) is 22.9 Å². The van der Waals surface area contributed by atoms with Crippen molar-refractivity contribution in [2.45, 2.75) is 31.2 Å². The van der Waals surface area contributed by atoms with Crippen molar-refractivity contribution in [3.05, 3.63) is 28.8 Å². The lowest BCUT2D eigenvalue weighted by atomic mass is 10.2. The predicted molar refractivity (Wildman–Crippen MR) is 108 cm³/mol. The van der Waals surface area contributed by atoms with Gasteiger partial charge in [0.05, 0.1) is 10.9 Å². The van der Waals surface area contributed by atoms with Crippen LogP contribution in [-0.2, 0) is 11.8 Å². The van der Waals surface area contributed by atoms with Gasteiger partial charge in [-0.1, -0.05) is 11.8 Å². The van der Waals surface area contributed by atoms with Gasteiger partial charge in [0.15, 0.2) is 27.6 Å². The third-order valence-corrected chi connectivity index (χ3v) is 6.50. The maximum absolute atomic E-state index is 12.5. The van der Waals surface area contributed by atoms with E-state index in [-0.39, 0.29) is 18.0 Å². The molecule has 1 aliphatic rings. The first-order valence-electron chi connectivity index (χ1n) is 8.63. The van der Waals surface area contributed by atoms with Gasteiger partial charge in [-0.2, -0.15) is 0 Å². The normalized spacial score (nSPS) is 13.6. The summed E-state index contributed by atoms with van der Waals surface area (Å²) in [5.74, 6) is 1.99. The fourth-order valence-corrected chi connectivity index (χ4v) is 4.28. The lowest BCUT2D eigenvalue weighted by molar-refractivity contribution is -0.115. The average Bonchev–Trinajstić information content (AvgIpc) is 3.35. The van der Waals surface area contributed by atoms with E-state index in [1.807, 2.05) is 50.6 Å².